The molecule has 0 bridgehead atoms. The first-order chi connectivity index (χ1) is 7.10. The predicted molar refractivity (Wildman–Crippen MR) is 50.8 cm³/mol. The highest BCUT2D eigenvalue weighted by atomic mass is 16.6. The predicted octanol–water partition coefficient (Wildman–Crippen LogP) is 0.154. The summed E-state index contributed by atoms with van der Waals surface area (Å²) in [5.41, 5.74) is 0. The Bertz CT molecular complexity index is 284. The fourth-order valence-corrected chi connectivity index (χ4v) is 0.523. The Hall–Kier alpha value is -2.11. The lowest BCUT2D eigenvalue weighted by molar-refractivity contribution is -0.138. The summed E-state index contributed by atoms with van der Waals surface area (Å²) < 4.78 is 8.99. The highest BCUT2D eigenvalue weighted by Crippen LogP contribution is 1.83. The summed E-state index contributed by atoms with van der Waals surface area (Å²) in [7, 11) is 0. The zero-order valence-electron chi connectivity index (χ0n) is 8.02. The Labute approximate surface area is 86.5 Å². The van der Waals surface area contributed by atoms with Crippen LogP contribution in [-0.4, -0.2) is 31.2 Å². The van der Waals surface area contributed by atoms with Gasteiger partial charge < -0.3 is 9.47 Å². The van der Waals surface area contributed by atoms with Crippen LogP contribution in [0.5, 0.6) is 0 Å². The second-order valence-electron chi connectivity index (χ2n) is 2.20. The normalized spacial score (nSPS) is 8.53. The molecule has 0 aromatic rings. The number of hydrogen-bond acceptors (Lipinski definition) is 5. The summed E-state index contributed by atoms with van der Waals surface area (Å²) in [6.45, 7) is 6.08. The number of alkyl carbamates (subject to hydrolysis) is 1. The third-order valence-corrected chi connectivity index (χ3v) is 1.14. The Morgan fingerprint density at radius 1 is 1.07 bits per heavy atom. The summed E-state index contributed by atoms with van der Waals surface area (Å²) in [6, 6.07) is 0. The first kappa shape index (κ1) is 12.9. The van der Waals surface area contributed by atoms with Gasteiger partial charge in [-0.3, -0.25) is 10.1 Å². The molecule has 0 spiro atoms. The molecule has 0 aliphatic rings. The van der Waals surface area contributed by atoms with Crippen LogP contribution in [0.25, 0.3) is 0 Å². The number of hydrogen-bond donors (Lipinski definition) is 1. The van der Waals surface area contributed by atoms with Gasteiger partial charge in [0.25, 0.3) is 5.91 Å². The van der Waals surface area contributed by atoms with Crippen molar-refractivity contribution in [1.82, 2.24) is 5.32 Å². The highest BCUT2D eigenvalue weighted by molar-refractivity contribution is 5.98. The number of ether oxygens (including phenoxy) is 2. The molecule has 0 radical (unpaired) electrons. The molecule has 0 atom stereocenters. The van der Waals surface area contributed by atoms with E-state index in [2.05, 4.69) is 22.6 Å². The second-order valence-corrected chi connectivity index (χ2v) is 2.20. The third kappa shape index (κ3) is 7.00. The van der Waals surface area contributed by atoms with Crippen molar-refractivity contribution >= 4 is 18.0 Å². The molecule has 0 saturated heterocycles. The van der Waals surface area contributed by atoms with Gasteiger partial charge in [0, 0.05) is 6.08 Å². The monoisotopic (exact) mass is 213 g/mol. The number of amides is 2. The molecule has 0 aromatic heterocycles. The Morgan fingerprint density at radius 2 is 1.67 bits per heavy atom. The van der Waals surface area contributed by atoms with Crippen LogP contribution in [0.1, 0.15) is 0 Å². The van der Waals surface area contributed by atoms with Gasteiger partial charge in [-0.05, 0) is 6.08 Å². The van der Waals surface area contributed by atoms with E-state index in [4.69, 9.17) is 0 Å². The minimum absolute atomic E-state index is 0.0967. The molecule has 0 aliphatic heterocycles. The van der Waals surface area contributed by atoms with E-state index in [1.807, 2.05) is 5.32 Å². The summed E-state index contributed by atoms with van der Waals surface area (Å²) in [6.07, 6.45) is 0.995. The van der Waals surface area contributed by atoms with Crippen LogP contribution in [0.3, 0.4) is 0 Å². The maximum absolute atomic E-state index is 10.8. The molecule has 0 rings (SSSR count). The quantitative estimate of drug-likeness (QED) is 0.399. The first-order valence-electron chi connectivity index (χ1n) is 3.99. The van der Waals surface area contributed by atoms with Gasteiger partial charge in [-0.1, -0.05) is 13.2 Å². The lowest BCUT2D eigenvalue weighted by Gasteiger charge is -2.04. The molecule has 0 fully saturated rings. The molecule has 6 heteroatoms. The van der Waals surface area contributed by atoms with Gasteiger partial charge in [-0.25, -0.2) is 9.59 Å². The SMILES string of the molecule is C=CC(=O)NC(=O)OCCOC(=O)C=C. The number of imide groups is 1. The smallest absolute Gasteiger partial charge is 0.414 e. The molecule has 0 saturated carbocycles. The van der Waals surface area contributed by atoms with Crippen molar-refractivity contribution < 1.29 is 23.9 Å². The summed E-state index contributed by atoms with van der Waals surface area (Å²) in [5.74, 6) is -1.27. The van der Waals surface area contributed by atoms with Crippen molar-refractivity contribution in [1.29, 1.82) is 0 Å². The number of esters is 1. The van der Waals surface area contributed by atoms with Crippen LogP contribution in [0.4, 0.5) is 4.79 Å². The molecule has 0 heterocycles. The van der Waals surface area contributed by atoms with E-state index in [1.165, 1.54) is 0 Å². The number of carbonyl (C=O) groups is 3. The van der Waals surface area contributed by atoms with Crippen molar-refractivity contribution in [2.75, 3.05) is 13.2 Å². The molecule has 0 aliphatic carbocycles. The van der Waals surface area contributed by atoms with Crippen molar-refractivity contribution in [3.8, 4) is 0 Å². The number of carbonyl (C=O) groups excluding carboxylic acids is 3. The maximum atomic E-state index is 10.8. The van der Waals surface area contributed by atoms with Crippen molar-refractivity contribution in [3.63, 3.8) is 0 Å². The van der Waals surface area contributed by atoms with E-state index < -0.39 is 18.0 Å². The van der Waals surface area contributed by atoms with Crippen molar-refractivity contribution in [3.05, 3.63) is 25.3 Å². The van der Waals surface area contributed by atoms with Crippen LogP contribution in [0.2, 0.25) is 0 Å². The van der Waals surface area contributed by atoms with Gasteiger partial charge in [0.1, 0.15) is 13.2 Å². The van der Waals surface area contributed by atoms with E-state index >= 15 is 0 Å². The average Bonchev–Trinajstić information content (AvgIpc) is 2.23. The fraction of sp³-hybridized carbons (Fsp3) is 0.222. The fourth-order valence-electron chi connectivity index (χ4n) is 0.523. The zero-order chi connectivity index (χ0) is 11.7. The van der Waals surface area contributed by atoms with Gasteiger partial charge in [0.15, 0.2) is 0 Å². The van der Waals surface area contributed by atoms with Gasteiger partial charge >= 0.3 is 12.1 Å². The average molecular weight is 213 g/mol. The lowest BCUT2D eigenvalue weighted by atomic mass is 10.6. The zero-order valence-corrected chi connectivity index (χ0v) is 8.02. The Morgan fingerprint density at radius 3 is 2.20 bits per heavy atom. The Kier molecular flexibility index (Phi) is 6.28. The molecule has 6 nitrogen and oxygen atoms in total. The molecule has 82 valence electrons. The minimum atomic E-state index is -0.922. The van der Waals surface area contributed by atoms with E-state index in [1.54, 1.807) is 0 Å². The molecular weight excluding hydrogens is 202 g/mol. The molecule has 1 N–H and O–H groups in total. The molecule has 15 heavy (non-hydrogen) atoms. The van der Waals surface area contributed by atoms with Gasteiger partial charge in [-0.15, -0.1) is 0 Å². The second kappa shape index (κ2) is 7.31. The first-order valence-corrected chi connectivity index (χ1v) is 3.99. The largest absolute Gasteiger partial charge is 0.459 e. The van der Waals surface area contributed by atoms with E-state index in [0.717, 1.165) is 12.2 Å². The maximum Gasteiger partial charge on any atom is 0.414 e. The number of nitrogens with one attached hydrogen (secondary N) is 1. The number of rotatable bonds is 5. The van der Waals surface area contributed by atoms with Crippen LogP contribution >= 0.6 is 0 Å². The summed E-state index contributed by atoms with van der Waals surface area (Å²) in [5, 5.41) is 1.85. The summed E-state index contributed by atoms with van der Waals surface area (Å²) in [4.78, 5) is 31.9. The van der Waals surface area contributed by atoms with Gasteiger partial charge in [-0.2, -0.15) is 0 Å². The standard InChI is InChI=1S/C9H11NO5/c1-3-7(11)10-9(13)15-6-5-14-8(12)4-2/h3-4H,1-2,5-6H2,(H,10,11,13). The van der Waals surface area contributed by atoms with Crippen LogP contribution in [0.15, 0.2) is 25.3 Å². The van der Waals surface area contributed by atoms with E-state index in [9.17, 15) is 14.4 Å². The van der Waals surface area contributed by atoms with Gasteiger partial charge in [0.05, 0.1) is 0 Å². The topological polar surface area (TPSA) is 81.7 Å². The molecule has 0 aromatic carbocycles. The van der Waals surface area contributed by atoms with Crippen LogP contribution in [-0.2, 0) is 19.1 Å². The third-order valence-electron chi connectivity index (χ3n) is 1.14. The van der Waals surface area contributed by atoms with E-state index in [0.29, 0.717) is 0 Å². The van der Waals surface area contributed by atoms with Crippen molar-refractivity contribution in [2.45, 2.75) is 0 Å². The highest BCUT2D eigenvalue weighted by Gasteiger charge is 2.05. The lowest BCUT2D eigenvalue weighted by Crippen LogP contribution is -2.30. The minimum Gasteiger partial charge on any atom is -0.459 e. The summed E-state index contributed by atoms with van der Waals surface area (Å²) >= 11 is 0. The van der Waals surface area contributed by atoms with E-state index in [-0.39, 0.29) is 13.2 Å². The Balaban J connectivity index is 3.55. The molecular formula is C9H11NO5. The molecule has 2 amide bonds. The van der Waals surface area contributed by atoms with Gasteiger partial charge in [0.2, 0.25) is 0 Å². The van der Waals surface area contributed by atoms with Crippen LogP contribution in [0, 0.1) is 0 Å². The molecule has 0 unspecified atom stereocenters. The van der Waals surface area contributed by atoms with Crippen LogP contribution < -0.4 is 5.32 Å². The van der Waals surface area contributed by atoms with Crippen molar-refractivity contribution in [2.24, 2.45) is 0 Å².